The zero-order valence-electron chi connectivity index (χ0n) is 15.0. The minimum absolute atomic E-state index is 0.149. The third-order valence-electron chi connectivity index (χ3n) is 4.24. The summed E-state index contributed by atoms with van der Waals surface area (Å²) >= 11 is 4.52. The van der Waals surface area contributed by atoms with Crippen LogP contribution in [0.2, 0.25) is 0 Å². The lowest BCUT2D eigenvalue weighted by atomic mass is 10.0. The second kappa shape index (κ2) is 8.08. The highest BCUT2D eigenvalue weighted by atomic mass is 79.9. The van der Waals surface area contributed by atoms with Crippen molar-refractivity contribution in [2.75, 3.05) is 11.9 Å². The Morgan fingerprint density at radius 3 is 2.79 bits per heavy atom. The van der Waals surface area contributed by atoms with E-state index in [1.165, 1.54) is 0 Å². The number of hydrogen-bond acceptors (Lipinski definition) is 5. The van der Waals surface area contributed by atoms with Gasteiger partial charge in [-0.05, 0) is 51.3 Å². The molecule has 0 aliphatic rings. The molecule has 28 heavy (non-hydrogen) atoms. The van der Waals surface area contributed by atoms with Crippen LogP contribution in [0.1, 0.15) is 5.56 Å². The summed E-state index contributed by atoms with van der Waals surface area (Å²) in [6, 6.07) is 19.8. The first kappa shape index (κ1) is 18.6. The summed E-state index contributed by atoms with van der Waals surface area (Å²) in [6.45, 7) is 1.84. The van der Waals surface area contributed by atoms with Crippen LogP contribution in [0.4, 0.5) is 5.69 Å². The molecule has 4 aromatic rings. The number of halogens is 1. The molecular weight excluding hydrogens is 438 g/mol. The lowest BCUT2D eigenvalue weighted by molar-refractivity contribution is -0.118. The monoisotopic (exact) mass is 453 g/mol. The Kier molecular flexibility index (Phi) is 5.36. The van der Waals surface area contributed by atoms with Crippen LogP contribution < -0.4 is 10.1 Å². The summed E-state index contributed by atoms with van der Waals surface area (Å²) in [5, 5.41) is 5.01. The SMILES string of the molecule is Cc1ccc(NC(=O)COc2nsnc2-c2cccc3ccccc23)c(Br)c1. The standard InChI is InChI=1S/C21H16BrN3O2S/c1-13-9-10-18(17(22)11-13)23-19(26)12-27-21-20(24-28-25-21)16-8-4-6-14-5-2-3-7-15(14)16/h2-11H,12H2,1H3,(H,23,26). The molecule has 0 spiro atoms. The maximum Gasteiger partial charge on any atom is 0.262 e. The predicted octanol–water partition coefficient (Wildman–Crippen LogP) is 5.45. The van der Waals surface area contributed by atoms with Crippen molar-refractivity contribution in [3.63, 3.8) is 0 Å². The fraction of sp³-hybridized carbons (Fsp3) is 0.0952. The van der Waals surface area contributed by atoms with E-state index in [0.29, 0.717) is 17.3 Å². The molecule has 5 nitrogen and oxygen atoms in total. The topological polar surface area (TPSA) is 64.1 Å². The van der Waals surface area contributed by atoms with Crippen molar-refractivity contribution in [3.05, 3.63) is 70.7 Å². The van der Waals surface area contributed by atoms with E-state index in [4.69, 9.17) is 4.74 Å². The maximum absolute atomic E-state index is 12.3. The molecule has 1 heterocycles. The van der Waals surface area contributed by atoms with Crippen LogP contribution in [0.25, 0.3) is 22.0 Å². The van der Waals surface area contributed by atoms with Gasteiger partial charge in [0.15, 0.2) is 6.61 Å². The van der Waals surface area contributed by atoms with E-state index in [-0.39, 0.29) is 12.5 Å². The van der Waals surface area contributed by atoms with Gasteiger partial charge in [-0.2, -0.15) is 4.37 Å². The van der Waals surface area contributed by atoms with Crippen LogP contribution in [0, 0.1) is 6.92 Å². The van der Waals surface area contributed by atoms with Crippen LogP contribution in [0.5, 0.6) is 5.88 Å². The smallest absolute Gasteiger partial charge is 0.262 e. The van der Waals surface area contributed by atoms with Crippen molar-refractivity contribution in [1.82, 2.24) is 8.75 Å². The number of nitrogens with one attached hydrogen (secondary N) is 1. The van der Waals surface area contributed by atoms with Gasteiger partial charge in [-0.3, -0.25) is 4.79 Å². The van der Waals surface area contributed by atoms with Crippen LogP contribution in [0.15, 0.2) is 65.1 Å². The third-order valence-corrected chi connectivity index (χ3v) is 5.41. The Hall–Kier alpha value is -2.77. The Labute approximate surface area is 174 Å². The van der Waals surface area contributed by atoms with Gasteiger partial charge < -0.3 is 10.1 Å². The molecule has 0 atom stereocenters. The van der Waals surface area contributed by atoms with E-state index in [9.17, 15) is 4.79 Å². The molecule has 0 bridgehead atoms. The van der Waals surface area contributed by atoms with Gasteiger partial charge >= 0.3 is 0 Å². The first-order valence-electron chi connectivity index (χ1n) is 8.61. The summed E-state index contributed by atoms with van der Waals surface area (Å²) in [5.74, 6) is 0.0981. The van der Waals surface area contributed by atoms with Crippen LogP contribution in [-0.4, -0.2) is 21.3 Å². The van der Waals surface area contributed by atoms with Crippen LogP contribution in [-0.2, 0) is 4.79 Å². The quantitative estimate of drug-likeness (QED) is 0.436. The normalized spacial score (nSPS) is 10.8. The molecule has 0 radical (unpaired) electrons. The summed E-state index contributed by atoms with van der Waals surface area (Å²) in [7, 11) is 0. The van der Waals surface area contributed by atoms with Gasteiger partial charge in [0.25, 0.3) is 11.8 Å². The minimum atomic E-state index is -0.263. The number of rotatable bonds is 5. The summed E-state index contributed by atoms with van der Waals surface area (Å²) < 4.78 is 15.1. The van der Waals surface area contributed by atoms with Crippen LogP contribution in [0.3, 0.4) is 0 Å². The van der Waals surface area contributed by atoms with Crippen molar-refractivity contribution < 1.29 is 9.53 Å². The fourth-order valence-corrected chi connectivity index (χ4v) is 4.02. The molecule has 1 N–H and O–H groups in total. The number of ether oxygens (including phenoxy) is 1. The third kappa shape index (κ3) is 3.90. The average molecular weight is 454 g/mol. The molecule has 7 heteroatoms. The number of aryl methyl sites for hydroxylation is 1. The first-order valence-corrected chi connectivity index (χ1v) is 10.1. The van der Waals surface area contributed by atoms with Crippen molar-refractivity contribution in [2.45, 2.75) is 6.92 Å². The highest BCUT2D eigenvalue weighted by Crippen LogP contribution is 2.33. The van der Waals surface area contributed by atoms with E-state index < -0.39 is 0 Å². The Bertz CT molecular complexity index is 1150. The average Bonchev–Trinajstić information content (AvgIpc) is 3.16. The van der Waals surface area contributed by atoms with Crippen molar-refractivity contribution in [3.8, 4) is 17.1 Å². The van der Waals surface area contributed by atoms with Gasteiger partial charge in [-0.25, -0.2) is 0 Å². The molecule has 140 valence electrons. The predicted molar refractivity (Wildman–Crippen MR) is 116 cm³/mol. The second-order valence-corrected chi connectivity index (χ2v) is 7.65. The van der Waals surface area contributed by atoms with Gasteiger partial charge in [-0.1, -0.05) is 48.5 Å². The molecule has 3 aromatic carbocycles. The molecule has 0 fully saturated rings. The second-order valence-electron chi connectivity index (χ2n) is 6.26. The number of amides is 1. The van der Waals surface area contributed by atoms with E-state index >= 15 is 0 Å². The maximum atomic E-state index is 12.3. The summed E-state index contributed by atoms with van der Waals surface area (Å²) in [5.41, 5.74) is 3.38. The van der Waals surface area contributed by atoms with Gasteiger partial charge in [0.2, 0.25) is 0 Å². The first-order chi connectivity index (χ1) is 13.6. The van der Waals surface area contributed by atoms with Crippen LogP contribution >= 0.6 is 27.7 Å². The van der Waals surface area contributed by atoms with Crippen molar-refractivity contribution >= 4 is 50.0 Å². The highest BCUT2D eigenvalue weighted by molar-refractivity contribution is 9.10. The zero-order valence-corrected chi connectivity index (χ0v) is 17.4. The van der Waals surface area contributed by atoms with Gasteiger partial charge in [0.05, 0.1) is 17.4 Å². The summed E-state index contributed by atoms with van der Waals surface area (Å²) in [4.78, 5) is 12.3. The molecule has 0 unspecified atom stereocenters. The molecule has 0 saturated carbocycles. The molecule has 0 aliphatic heterocycles. The number of aromatic nitrogens is 2. The minimum Gasteiger partial charge on any atom is -0.465 e. The van der Waals surface area contributed by atoms with Crippen molar-refractivity contribution in [1.29, 1.82) is 0 Å². The lowest BCUT2D eigenvalue weighted by Crippen LogP contribution is -2.20. The van der Waals surface area contributed by atoms with E-state index in [1.807, 2.05) is 67.6 Å². The van der Waals surface area contributed by atoms with Gasteiger partial charge in [0.1, 0.15) is 5.69 Å². The number of fused-ring (bicyclic) bond motifs is 1. The zero-order chi connectivity index (χ0) is 19.5. The molecule has 1 amide bonds. The number of carbonyl (C=O) groups is 1. The lowest BCUT2D eigenvalue weighted by Gasteiger charge is -2.09. The number of nitrogens with zero attached hydrogens (tertiary/aromatic N) is 2. The number of benzene rings is 3. The van der Waals surface area contributed by atoms with Gasteiger partial charge in [-0.15, -0.1) is 4.37 Å². The Morgan fingerprint density at radius 1 is 1.11 bits per heavy atom. The molecule has 0 aliphatic carbocycles. The number of anilines is 1. The molecular formula is C21H16BrN3O2S. The number of carbonyl (C=O) groups excluding carboxylic acids is 1. The largest absolute Gasteiger partial charge is 0.465 e. The van der Waals surface area contributed by atoms with E-state index in [0.717, 1.165) is 38.1 Å². The van der Waals surface area contributed by atoms with Crippen molar-refractivity contribution in [2.24, 2.45) is 0 Å². The summed E-state index contributed by atoms with van der Waals surface area (Å²) in [6.07, 6.45) is 0. The fourth-order valence-electron chi connectivity index (χ4n) is 2.91. The molecule has 4 rings (SSSR count). The Balaban J connectivity index is 1.51. The highest BCUT2D eigenvalue weighted by Gasteiger charge is 2.16. The van der Waals surface area contributed by atoms with Gasteiger partial charge in [0, 0.05) is 10.0 Å². The van der Waals surface area contributed by atoms with E-state index in [2.05, 4.69) is 30.0 Å². The number of hydrogen-bond donors (Lipinski definition) is 1. The van der Waals surface area contributed by atoms with E-state index in [1.54, 1.807) is 0 Å². The Morgan fingerprint density at radius 2 is 1.93 bits per heavy atom. The molecule has 0 saturated heterocycles. The molecule has 1 aromatic heterocycles.